The summed E-state index contributed by atoms with van der Waals surface area (Å²) in [4.78, 5) is 26.2. The summed E-state index contributed by atoms with van der Waals surface area (Å²) in [6.07, 6.45) is -7.01. The number of fused-ring (bicyclic) bond motifs is 3. The average molecular weight is 722 g/mol. The van der Waals surface area contributed by atoms with Gasteiger partial charge in [0.15, 0.2) is 5.82 Å². The topological polar surface area (TPSA) is 107 Å². The summed E-state index contributed by atoms with van der Waals surface area (Å²) in [5.41, 5.74) is -1.03. The molecule has 1 aromatic heterocycles. The minimum Gasteiger partial charge on any atom is -0.493 e. The zero-order valence-corrected chi connectivity index (χ0v) is 26.0. The van der Waals surface area contributed by atoms with Crippen LogP contribution < -0.4 is 4.74 Å². The lowest BCUT2D eigenvalue weighted by atomic mass is 9.93. The van der Waals surface area contributed by atoms with Crippen LogP contribution in [0.4, 0.5) is 22.0 Å². The fourth-order valence-corrected chi connectivity index (χ4v) is 6.38. The molecule has 45 heavy (non-hydrogen) atoms. The number of carbonyl (C=O) groups excluding carboxylic acids is 1. The van der Waals surface area contributed by atoms with Crippen molar-refractivity contribution >= 4 is 39.4 Å². The highest BCUT2D eigenvalue weighted by atomic mass is 79.9. The zero-order valence-electron chi connectivity index (χ0n) is 23.7. The van der Waals surface area contributed by atoms with Crippen molar-refractivity contribution in [2.24, 2.45) is 5.92 Å². The Morgan fingerprint density at radius 1 is 1.09 bits per heavy atom. The van der Waals surface area contributed by atoms with E-state index in [0.717, 1.165) is 22.8 Å². The number of aromatic nitrogens is 3. The van der Waals surface area contributed by atoms with Crippen molar-refractivity contribution in [3.63, 3.8) is 0 Å². The van der Waals surface area contributed by atoms with Crippen LogP contribution in [0, 0.1) is 5.92 Å². The Balaban J connectivity index is 1.63. The number of likely N-dealkylation sites (tertiary alicyclic amines) is 1. The van der Waals surface area contributed by atoms with Gasteiger partial charge in [0.05, 0.1) is 28.8 Å². The third-order valence-corrected chi connectivity index (χ3v) is 8.79. The van der Waals surface area contributed by atoms with Crippen LogP contribution in [0.5, 0.6) is 5.75 Å². The summed E-state index contributed by atoms with van der Waals surface area (Å²) in [7, 11) is 0. The van der Waals surface area contributed by atoms with Crippen molar-refractivity contribution in [3.05, 3.63) is 69.2 Å². The lowest BCUT2D eigenvalue weighted by Gasteiger charge is -2.32. The Morgan fingerprint density at radius 3 is 2.42 bits per heavy atom. The highest BCUT2D eigenvalue weighted by molar-refractivity contribution is 9.10. The van der Waals surface area contributed by atoms with E-state index in [2.05, 4.69) is 26.1 Å². The van der Waals surface area contributed by atoms with E-state index in [1.54, 1.807) is 25.1 Å². The van der Waals surface area contributed by atoms with Gasteiger partial charge in [0.25, 0.3) is 0 Å². The normalized spacial score (nSPS) is 19.1. The van der Waals surface area contributed by atoms with Crippen molar-refractivity contribution in [2.45, 2.75) is 56.4 Å². The smallest absolute Gasteiger partial charge is 0.416 e. The Bertz CT molecular complexity index is 1590. The molecule has 0 aliphatic carbocycles. The second-order valence-electron chi connectivity index (χ2n) is 10.7. The molecule has 2 aliphatic heterocycles. The van der Waals surface area contributed by atoms with Gasteiger partial charge in [0.1, 0.15) is 18.0 Å². The molecule has 1 N–H and O–H groups in total. The molecule has 1 saturated heterocycles. The molecule has 3 aromatic rings. The summed E-state index contributed by atoms with van der Waals surface area (Å²) in [5, 5.41) is 12.5. The minimum atomic E-state index is -4.78. The number of aliphatic carboxylic acids is 1. The van der Waals surface area contributed by atoms with Gasteiger partial charge >= 0.3 is 17.5 Å². The van der Waals surface area contributed by atoms with Crippen LogP contribution in [0.3, 0.4) is 0 Å². The monoisotopic (exact) mass is 720 g/mol. The quantitative estimate of drug-likeness (QED) is 0.197. The molecule has 0 spiro atoms. The number of piperidine rings is 1. The first-order valence-electron chi connectivity index (χ1n) is 14.0. The van der Waals surface area contributed by atoms with Crippen LogP contribution in [0.1, 0.15) is 73.2 Å². The van der Waals surface area contributed by atoms with E-state index >= 15 is 0 Å². The number of alkyl halides is 6. The third-order valence-electron chi connectivity index (χ3n) is 7.77. The van der Waals surface area contributed by atoms with Gasteiger partial charge in [-0.1, -0.05) is 12.1 Å². The maximum atomic E-state index is 14.7. The fraction of sp³-hybridized carbons (Fsp3) is 0.448. The molecule has 9 nitrogen and oxygen atoms in total. The second kappa shape index (κ2) is 12.8. The lowest BCUT2D eigenvalue weighted by molar-refractivity contribution is -0.139. The second-order valence-corrected chi connectivity index (χ2v) is 12.0. The van der Waals surface area contributed by atoms with E-state index in [1.807, 2.05) is 0 Å². The number of carboxylic acids is 1. The predicted molar refractivity (Wildman–Crippen MR) is 153 cm³/mol. The van der Waals surface area contributed by atoms with E-state index in [-0.39, 0.29) is 49.1 Å². The first-order chi connectivity index (χ1) is 21.2. The molecule has 0 saturated carbocycles. The number of nitrogens with zero attached hydrogens (tertiary/aromatic N) is 4. The molecule has 1 amide bonds. The van der Waals surface area contributed by atoms with E-state index in [4.69, 9.17) is 26.2 Å². The number of halogens is 7. The highest BCUT2D eigenvalue weighted by Crippen LogP contribution is 2.47. The largest absolute Gasteiger partial charge is 0.493 e. The summed E-state index contributed by atoms with van der Waals surface area (Å²) in [5.74, 6) is -2.42. The Morgan fingerprint density at radius 2 is 1.80 bits per heavy atom. The first kappa shape index (κ1) is 33.1. The Hall–Kier alpha value is -3.30. The van der Waals surface area contributed by atoms with Crippen LogP contribution in [-0.2, 0) is 25.9 Å². The van der Waals surface area contributed by atoms with Gasteiger partial charge in [-0.25, -0.2) is 0 Å². The van der Waals surface area contributed by atoms with Gasteiger partial charge in [-0.15, -0.1) is 10.2 Å². The summed E-state index contributed by atoms with van der Waals surface area (Å²) < 4.78 is 84.5. The van der Waals surface area contributed by atoms with Gasteiger partial charge in [0, 0.05) is 30.6 Å². The van der Waals surface area contributed by atoms with Crippen LogP contribution in [0.2, 0.25) is 0 Å². The van der Waals surface area contributed by atoms with Crippen molar-refractivity contribution in [2.75, 3.05) is 19.7 Å². The van der Waals surface area contributed by atoms with Crippen LogP contribution in [-0.4, -0.2) is 56.3 Å². The molecular weight excluding hydrogens is 695 g/mol. The van der Waals surface area contributed by atoms with E-state index in [0.29, 0.717) is 28.6 Å². The summed E-state index contributed by atoms with van der Waals surface area (Å²) in [6.45, 7) is 2.56. The molecule has 242 valence electrons. The van der Waals surface area contributed by atoms with Gasteiger partial charge in [-0.2, -0.15) is 22.0 Å². The molecule has 0 unspecified atom stereocenters. The maximum Gasteiger partial charge on any atom is 0.416 e. The Kier molecular flexibility index (Phi) is 9.43. The first-order valence-corrected chi connectivity index (χ1v) is 15.2. The van der Waals surface area contributed by atoms with Crippen molar-refractivity contribution in [1.82, 2.24) is 19.7 Å². The predicted octanol–water partition coefficient (Wildman–Crippen LogP) is 7.00. The summed E-state index contributed by atoms with van der Waals surface area (Å²) in [6, 6.07) is 7.39. The molecule has 3 heterocycles. The number of amides is 1. The number of ether oxygens (including phenoxy) is 2. The summed E-state index contributed by atoms with van der Waals surface area (Å²) >= 11 is 8.86. The van der Waals surface area contributed by atoms with Crippen LogP contribution in [0.25, 0.3) is 5.69 Å². The third kappa shape index (κ3) is 6.94. The molecular formula is C29H27BrClF5N4O5. The Labute approximate surface area is 267 Å². The zero-order chi connectivity index (χ0) is 32.7. The van der Waals surface area contributed by atoms with Crippen LogP contribution in [0.15, 0.2) is 40.9 Å². The van der Waals surface area contributed by atoms with E-state index in [1.165, 1.54) is 4.90 Å². The average Bonchev–Trinajstić information content (AvgIpc) is 3.37. The van der Waals surface area contributed by atoms with E-state index in [9.17, 15) is 31.5 Å². The van der Waals surface area contributed by atoms with Crippen molar-refractivity contribution in [1.29, 1.82) is 0 Å². The maximum absolute atomic E-state index is 14.7. The number of carbonyl (C=O) groups is 2. The molecule has 0 radical (unpaired) electrons. The molecule has 5 rings (SSSR count). The molecule has 2 aromatic carbocycles. The number of benzene rings is 2. The molecule has 2 atom stereocenters. The van der Waals surface area contributed by atoms with Crippen molar-refractivity contribution < 1.29 is 46.1 Å². The van der Waals surface area contributed by atoms with Gasteiger partial charge in [-0.3, -0.25) is 14.2 Å². The van der Waals surface area contributed by atoms with Gasteiger partial charge in [-0.05, 0) is 77.5 Å². The molecule has 16 heteroatoms. The number of hydrogen-bond donors (Lipinski definition) is 1. The standard InChI is InChI=1S/C29H27BrClF5N4O5/c1-2-44-20-5-3-4-17(24(20)30)25-18-13-16(29(34,35)36)6-7-19(18)40-26(37-38-27(40)28(31,32)33)21(45-25)14-22(41)39-10-8-15(9-11-39)12-23(42)43/h3-7,13,15,21,25H,2,8-12,14H2,1H3,(H,42,43)/t21-,25-/m1/s1. The molecule has 0 bridgehead atoms. The van der Waals surface area contributed by atoms with Gasteiger partial charge in [0.2, 0.25) is 11.7 Å². The van der Waals surface area contributed by atoms with Crippen LogP contribution >= 0.6 is 27.5 Å². The number of carboxylic acid groups (broad SMARTS) is 1. The SMILES string of the molecule is CCOc1cccc([C@H]2O[C@H](CC(=O)N3CCC(CC(=O)O)CC3)c3nnc(C(F)(F)Cl)n3-c3ccc(C(F)(F)F)cc32)c1Br. The number of rotatable bonds is 8. The lowest BCUT2D eigenvalue weighted by Crippen LogP contribution is -2.39. The highest BCUT2D eigenvalue weighted by Gasteiger charge is 2.44. The molecule has 2 aliphatic rings. The fourth-order valence-electron chi connectivity index (χ4n) is 5.67. The minimum absolute atomic E-state index is 0.0260. The molecule has 1 fully saturated rings. The van der Waals surface area contributed by atoms with Crippen molar-refractivity contribution in [3.8, 4) is 11.4 Å². The van der Waals surface area contributed by atoms with E-state index < -0.39 is 53.5 Å². The van der Waals surface area contributed by atoms with Gasteiger partial charge < -0.3 is 19.5 Å². The number of hydrogen-bond acceptors (Lipinski definition) is 6.